The first-order valence-corrected chi connectivity index (χ1v) is 5.54. The van der Waals surface area contributed by atoms with E-state index in [1.54, 1.807) is 19.1 Å². The van der Waals surface area contributed by atoms with Gasteiger partial charge in [-0.05, 0) is 25.1 Å². The fourth-order valence-corrected chi connectivity index (χ4v) is 1.53. The second-order valence-electron chi connectivity index (χ2n) is 3.62. The lowest BCUT2D eigenvalue weighted by atomic mass is 10.2. The topological polar surface area (TPSA) is 107 Å². The Balaban J connectivity index is 2.34. The molecule has 0 fully saturated rings. The van der Waals surface area contributed by atoms with E-state index in [-0.39, 0.29) is 5.82 Å². The van der Waals surface area contributed by atoms with Crippen LogP contribution in [0.1, 0.15) is 23.1 Å². The van der Waals surface area contributed by atoms with Gasteiger partial charge in [0.1, 0.15) is 12.4 Å². The number of esters is 1. The van der Waals surface area contributed by atoms with Crippen LogP contribution in [0, 0.1) is 11.3 Å². The van der Waals surface area contributed by atoms with Crippen molar-refractivity contribution in [2.45, 2.75) is 6.92 Å². The minimum absolute atomic E-state index is 0.0499. The highest BCUT2D eigenvalue weighted by Crippen LogP contribution is 2.18. The van der Waals surface area contributed by atoms with Gasteiger partial charge in [-0.1, -0.05) is 0 Å². The standard InChI is InChI=1S/C12H11N5O2/c1-2-19-12(18)8-3-4-10(9(14)5-8)17-7-15-11(6-13)16-17/h3-5,7H,2,14H2,1H3. The van der Waals surface area contributed by atoms with Crippen molar-refractivity contribution in [1.29, 1.82) is 5.26 Å². The van der Waals surface area contributed by atoms with Crippen LogP contribution < -0.4 is 5.73 Å². The smallest absolute Gasteiger partial charge is 0.338 e. The lowest BCUT2D eigenvalue weighted by Gasteiger charge is -2.07. The van der Waals surface area contributed by atoms with E-state index in [1.807, 2.05) is 6.07 Å². The SMILES string of the molecule is CCOC(=O)c1ccc(-n2cnc(C#N)n2)c(N)c1. The van der Waals surface area contributed by atoms with Gasteiger partial charge < -0.3 is 10.5 Å². The van der Waals surface area contributed by atoms with Crippen molar-refractivity contribution in [1.82, 2.24) is 14.8 Å². The summed E-state index contributed by atoms with van der Waals surface area (Å²) in [4.78, 5) is 15.3. The van der Waals surface area contributed by atoms with Crippen LogP contribution in [0.4, 0.5) is 5.69 Å². The van der Waals surface area contributed by atoms with Gasteiger partial charge in [-0.15, -0.1) is 5.10 Å². The molecule has 7 heteroatoms. The molecule has 1 aromatic carbocycles. The molecule has 0 unspecified atom stereocenters. The van der Waals surface area contributed by atoms with E-state index < -0.39 is 5.97 Å². The maximum Gasteiger partial charge on any atom is 0.338 e. The average molecular weight is 257 g/mol. The van der Waals surface area contributed by atoms with E-state index in [0.717, 1.165) is 0 Å². The van der Waals surface area contributed by atoms with E-state index in [2.05, 4.69) is 10.1 Å². The molecule has 2 N–H and O–H groups in total. The van der Waals surface area contributed by atoms with E-state index in [1.165, 1.54) is 17.1 Å². The van der Waals surface area contributed by atoms with Gasteiger partial charge in [-0.2, -0.15) is 5.26 Å². The number of nitrogens with two attached hydrogens (primary N) is 1. The predicted molar refractivity (Wildman–Crippen MR) is 66.4 cm³/mol. The third-order valence-electron chi connectivity index (χ3n) is 2.38. The molecule has 0 aliphatic heterocycles. The fourth-order valence-electron chi connectivity index (χ4n) is 1.53. The Morgan fingerprint density at radius 2 is 2.37 bits per heavy atom. The second kappa shape index (κ2) is 5.18. The highest BCUT2D eigenvalue weighted by Gasteiger charge is 2.11. The van der Waals surface area contributed by atoms with Crippen molar-refractivity contribution < 1.29 is 9.53 Å². The number of hydrogen-bond donors (Lipinski definition) is 1. The molecule has 19 heavy (non-hydrogen) atoms. The Kier molecular flexibility index (Phi) is 3.43. The number of benzene rings is 1. The summed E-state index contributed by atoms with van der Waals surface area (Å²) in [5.41, 5.74) is 7.11. The number of carbonyl (C=O) groups is 1. The molecule has 0 aliphatic carbocycles. The van der Waals surface area contributed by atoms with Crippen molar-refractivity contribution in [3.05, 3.63) is 35.9 Å². The number of carbonyl (C=O) groups excluding carboxylic acids is 1. The molecule has 0 saturated heterocycles. The van der Waals surface area contributed by atoms with Gasteiger partial charge in [0.2, 0.25) is 0 Å². The zero-order chi connectivity index (χ0) is 13.8. The zero-order valence-electron chi connectivity index (χ0n) is 10.2. The number of nitriles is 1. The highest BCUT2D eigenvalue weighted by molar-refractivity contribution is 5.91. The summed E-state index contributed by atoms with van der Waals surface area (Å²) in [5.74, 6) is -0.383. The maximum absolute atomic E-state index is 11.5. The molecule has 96 valence electrons. The number of nitrogen functional groups attached to an aromatic ring is 1. The fraction of sp³-hybridized carbons (Fsp3) is 0.167. The van der Waals surface area contributed by atoms with Crippen LogP contribution in [0.5, 0.6) is 0 Å². The molecule has 0 radical (unpaired) electrons. The lowest BCUT2D eigenvalue weighted by Crippen LogP contribution is -2.07. The van der Waals surface area contributed by atoms with Gasteiger partial charge in [0.25, 0.3) is 5.82 Å². The van der Waals surface area contributed by atoms with Crippen molar-refractivity contribution in [3.63, 3.8) is 0 Å². The molecule has 2 aromatic rings. The molecule has 0 amide bonds. The van der Waals surface area contributed by atoms with E-state index >= 15 is 0 Å². The van der Waals surface area contributed by atoms with Gasteiger partial charge in [-0.3, -0.25) is 0 Å². The van der Waals surface area contributed by atoms with E-state index in [4.69, 9.17) is 15.7 Å². The number of aromatic nitrogens is 3. The molecule has 1 aromatic heterocycles. The highest BCUT2D eigenvalue weighted by atomic mass is 16.5. The molecule has 7 nitrogen and oxygen atoms in total. The molecular formula is C12H11N5O2. The van der Waals surface area contributed by atoms with Crippen LogP contribution in [0.2, 0.25) is 0 Å². The van der Waals surface area contributed by atoms with Gasteiger partial charge in [0.05, 0.1) is 23.5 Å². The largest absolute Gasteiger partial charge is 0.462 e. The summed E-state index contributed by atoms with van der Waals surface area (Å²) in [5, 5.41) is 12.6. The van der Waals surface area contributed by atoms with Crippen LogP contribution >= 0.6 is 0 Å². The summed E-state index contributed by atoms with van der Waals surface area (Å²) in [6.45, 7) is 2.03. The Labute approximate surface area is 109 Å². The van der Waals surface area contributed by atoms with Crippen LogP contribution in [-0.2, 0) is 4.74 Å². The van der Waals surface area contributed by atoms with Gasteiger partial charge >= 0.3 is 5.97 Å². The quantitative estimate of drug-likeness (QED) is 0.646. The first-order chi connectivity index (χ1) is 9.15. The van der Waals surface area contributed by atoms with Crippen LogP contribution in [-0.4, -0.2) is 27.3 Å². The number of hydrogen-bond acceptors (Lipinski definition) is 6. The van der Waals surface area contributed by atoms with Crippen molar-refractivity contribution in [2.24, 2.45) is 0 Å². The summed E-state index contributed by atoms with van der Waals surface area (Å²) in [6, 6.07) is 6.53. The van der Waals surface area contributed by atoms with Crippen LogP contribution in [0.3, 0.4) is 0 Å². The normalized spacial score (nSPS) is 9.89. The Morgan fingerprint density at radius 3 is 2.95 bits per heavy atom. The van der Waals surface area contributed by atoms with Gasteiger partial charge in [0.15, 0.2) is 0 Å². The zero-order valence-corrected chi connectivity index (χ0v) is 10.2. The predicted octanol–water partition coefficient (Wildman–Crippen LogP) is 0.898. The second-order valence-corrected chi connectivity index (χ2v) is 3.62. The van der Waals surface area contributed by atoms with Crippen LogP contribution in [0.15, 0.2) is 24.5 Å². The molecule has 0 aliphatic rings. The summed E-state index contributed by atoms with van der Waals surface area (Å²) >= 11 is 0. The minimum atomic E-state index is -0.433. The number of anilines is 1. The maximum atomic E-state index is 11.5. The summed E-state index contributed by atoms with van der Waals surface area (Å²) in [6.07, 6.45) is 1.38. The Bertz CT molecular complexity index is 656. The van der Waals surface area contributed by atoms with E-state index in [0.29, 0.717) is 23.5 Å². The van der Waals surface area contributed by atoms with E-state index in [9.17, 15) is 4.79 Å². The summed E-state index contributed by atoms with van der Waals surface area (Å²) < 4.78 is 6.26. The first kappa shape index (κ1) is 12.6. The minimum Gasteiger partial charge on any atom is -0.462 e. The molecule has 0 spiro atoms. The molecular weight excluding hydrogens is 246 g/mol. The monoisotopic (exact) mass is 257 g/mol. The number of nitrogens with zero attached hydrogens (tertiary/aromatic N) is 4. The molecule has 1 heterocycles. The third-order valence-corrected chi connectivity index (χ3v) is 2.38. The lowest BCUT2D eigenvalue weighted by molar-refractivity contribution is 0.0526. The average Bonchev–Trinajstić information content (AvgIpc) is 2.87. The molecule has 2 rings (SSSR count). The van der Waals surface area contributed by atoms with Crippen LogP contribution in [0.25, 0.3) is 5.69 Å². The first-order valence-electron chi connectivity index (χ1n) is 5.54. The molecule has 0 atom stereocenters. The van der Waals surface area contributed by atoms with Crippen molar-refractivity contribution in [2.75, 3.05) is 12.3 Å². The Morgan fingerprint density at radius 1 is 1.58 bits per heavy atom. The van der Waals surface area contributed by atoms with Crippen molar-refractivity contribution in [3.8, 4) is 11.8 Å². The summed E-state index contributed by atoms with van der Waals surface area (Å²) in [7, 11) is 0. The number of ether oxygens (including phenoxy) is 1. The molecule has 0 bridgehead atoms. The number of rotatable bonds is 3. The van der Waals surface area contributed by atoms with Gasteiger partial charge in [-0.25, -0.2) is 14.5 Å². The Hall–Kier alpha value is -2.88. The molecule has 0 saturated carbocycles. The van der Waals surface area contributed by atoms with Gasteiger partial charge in [0, 0.05) is 0 Å². The third kappa shape index (κ3) is 2.52. The van der Waals surface area contributed by atoms with Crippen molar-refractivity contribution >= 4 is 11.7 Å².